The molecule has 2 amide bonds. The summed E-state index contributed by atoms with van der Waals surface area (Å²) in [6, 6.07) is 15.4. The molecule has 0 radical (unpaired) electrons. The maximum Gasteiger partial charge on any atom is 0.407 e. The number of carbonyl (C=O) groups is 3. The van der Waals surface area contributed by atoms with Gasteiger partial charge in [0.15, 0.2) is 0 Å². The summed E-state index contributed by atoms with van der Waals surface area (Å²) in [5, 5.41) is 14.4. The van der Waals surface area contributed by atoms with Crippen LogP contribution in [0.2, 0.25) is 0 Å². The Kier molecular flexibility index (Phi) is 7.87. The molecule has 3 N–H and O–H groups in total. The molecule has 0 aromatic heterocycles. The fourth-order valence-electron chi connectivity index (χ4n) is 4.03. The van der Waals surface area contributed by atoms with Gasteiger partial charge in [0.2, 0.25) is 5.91 Å². The van der Waals surface area contributed by atoms with Crippen LogP contribution in [0.5, 0.6) is 0 Å². The number of ether oxygens (including phenoxy) is 1. The average Bonchev–Trinajstić information content (AvgIpc) is 3.11. The molecular formula is C25H30N2O5. The Labute approximate surface area is 188 Å². The third-order valence-corrected chi connectivity index (χ3v) is 5.83. The van der Waals surface area contributed by atoms with Crippen molar-refractivity contribution < 1.29 is 24.2 Å². The summed E-state index contributed by atoms with van der Waals surface area (Å²) >= 11 is 0. The fraction of sp³-hybridized carbons (Fsp3) is 0.400. The second kappa shape index (κ2) is 10.8. The second-order valence-electron chi connectivity index (χ2n) is 8.13. The van der Waals surface area contributed by atoms with Crippen molar-refractivity contribution in [2.75, 3.05) is 13.2 Å². The van der Waals surface area contributed by atoms with Crippen molar-refractivity contribution in [3.05, 3.63) is 59.7 Å². The van der Waals surface area contributed by atoms with Crippen molar-refractivity contribution in [1.29, 1.82) is 0 Å². The predicted octanol–water partition coefficient (Wildman–Crippen LogP) is 3.92. The Morgan fingerprint density at radius 3 is 2.16 bits per heavy atom. The molecule has 0 bridgehead atoms. The van der Waals surface area contributed by atoms with Gasteiger partial charge in [-0.15, -0.1) is 0 Å². The largest absolute Gasteiger partial charge is 0.480 e. The number of benzene rings is 2. The number of aliphatic carboxylic acids is 1. The van der Waals surface area contributed by atoms with Crippen LogP contribution in [0, 0.1) is 5.92 Å². The number of rotatable bonds is 10. The number of carboxylic acids is 1. The number of alkyl carbamates (subject to hydrolysis) is 1. The molecule has 2 unspecified atom stereocenters. The van der Waals surface area contributed by atoms with Gasteiger partial charge in [0.25, 0.3) is 0 Å². The molecule has 0 saturated carbocycles. The molecule has 2 aromatic rings. The molecule has 1 aliphatic rings. The molecule has 0 fully saturated rings. The van der Waals surface area contributed by atoms with Crippen LogP contribution in [0.15, 0.2) is 48.5 Å². The molecule has 0 saturated heterocycles. The van der Waals surface area contributed by atoms with E-state index in [4.69, 9.17) is 9.84 Å². The van der Waals surface area contributed by atoms with Gasteiger partial charge in [-0.1, -0.05) is 68.8 Å². The predicted molar refractivity (Wildman–Crippen MR) is 121 cm³/mol. The van der Waals surface area contributed by atoms with Crippen LogP contribution in [-0.4, -0.2) is 42.3 Å². The normalized spacial score (nSPS) is 14.1. The average molecular weight is 439 g/mol. The summed E-state index contributed by atoms with van der Waals surface area (Å²) in [4.78, 5) is 35.6. The quantitative estimate of drug-likeness (QED) is 0.521. The number of amides is 2. The highest BCUT2D eigenvalue weighted by atomic mass is 16.5. The van der Waals surface area contributed by atoms with Gasteiger partial charge in [-0.25, -0.2) is 9.59 Å². The van der Waals surface area contributed by atoms with E-state index in [0.29, 0.717) is 19.3 Å². The topological polar surface area (TPSA) is 105 Å². The smallest absolute Gasteiger partial charge is 0.407 e. The van der Waals surface area contributed by atoms with Gasteiger partial charge in [0.05, 0.1) is 0 Å². The number of hydrogen-bond donors (Lipinski definition) is 3. The molecule has 32 heavy (non-hydrogen) atoms. The lowest BCUT2D eigenvalue weighted by atomic mass is 9.98. The first-order valence-electron chi connectivity index (χ1n) is 11.0. The van der Waals surface area contributed by atoms with Crippen molar-refractivity contribution in [1.82, 2.24) is 10.6 Å². The number of hydrogen-bond acceptors (Lipinski definition) is 4. The maximum atomic E-state index is 12.2. The van der Waals surface area contributed by atoms with E-state index >= 15 is 0 Å². The van der Waals surface area contributed by atoms with Crippen LogP contribution in [0.4, 0.5) is 4.79 Å². The van der Waals surface area contributed by atoms with Crippen LogP contribution in [-0.2, 0) is 14.3 Å². The van der Waals surface area contributed by atoms with Crippen molar-refractivity contribution >= 4 is 18.0 Å². The Bertz CT molecular complexity index is 929. The summed E-state index contributed by atoms with van der Waals surface area (Å²) in [6.07, 6.45) is 0.892. The first-order valence-corrected chi connectivity index (χ1v) is 11.0. The molecule has 0 aliphatic heterocycles. The standard InChI is InChI=1S/C25H30N2O5/c1-3-8-22(24(29)30)27-23(28)16(2)13-14-26-25(31)32-15-21-19-11-6-4-9-17(19)18-10-5-7-12-20(18)21/h4-7,9-12,16,21-22H,3,8,13-15H2,1-2H3,(H,26,31)(H,27,28)(H,29,30). The Balaban J connectivity index is 1.46. The first kappa shape index (κ1) is 23.3. The van der Waals surface area contributed by atoms with Gasteiger partial charge in [0, 0.05) is 18.4 Å². The van der Waals surface area contributed by atoms with Gasteiger partial charge in [-0.2, -0.15) is 0 Å². The zero-order valence-electron chi connectivity index (χ0n) is 18.5. The van der Waals surface area contributed by atoms with Crippen molar-refractivity contribution in [2.24, 2.45) is 5.92 Å². The number of fused-ring (bicyclic) bond motifs is 3. The molecule has 7 nitrogen and oxygen atoms in total. The van der Waals surface area contributed by atoms with Gasteiger partial charge in [-0.3, -0.25) is 4.79 Å². The highest BCUT2D eigenvalue weighted by molar-refractivity contribution is 5.84. The van der Waals surface area contributed by atoms with E-state index in [-0.39, 0.29) is 25.0 Å². The molecule has 170 valence electrons. The molecule has 3 rings (SSSR count). The van der Waals surface area contributed by atoms with Crippen LogP contribution < -0.4 is 10.6 Å². The molecular weight excluding hydrogens is 408 g/mol. The third-order valence-electron chi connectivity index (χ3n) is 5.83. The van der Waals surface area contributed by atoms with E-state index in [0.717, 1.165) is 11.1 Å². The Hall–Kier alpha value is -3.35. The van der Waals surface area contributed by atoms with E-state index in [1.54, 1.807) is 6.92 Å². The lowest BCUT2D eigenvalue weighted by molar-refractivity contribution is -0.142. The summed E-state index contributed by atoms with van der Waals surface area (Å²) in [5.41, 5.74) is 4.62. The number of nitrogens with one attached hydrogen (secondary N) is 2. The fourth-order valence-corrected chi connectivity index (χ4v) is 4.03. The van der Waals surface area contributed by atoms with Crippen LogP contribution in [0.1, 0.15) is 50.2 Å². The van der Waals surface area contributed by atoms with Gasteiger partial charge in [0.1, 0.15) is 12.6 Å². The van der Waals surface area contributed by atoms with Crippen LogP contribution in [0.25, 0.3) is 11.1 Å². The Morgan fingerprint density at radius 2 is 1.59 bits per heavy atom. The summed E-state index contributed by atoms with van der Waals surface area (Å²) in [5.74, 6) is -1.81. The van der Waals surface area contributed by atoms with Gasteiger partial charge < -0.3 is 20.5 Å². The lowest BCUT2D eigenvalue weighted by Gasteiger charge is -2.18. The molecule has 7 heteroatoms. The summed E-state index contributed by atoms with van der Waals surface area (Å²) < 4.78 is 5.48. The van der Waals surface area contributed by atoms with Crippen molar-refractivity contribution in [3.63, 3.8) is 0 Å². The van der Waals surface area contributed by atoms with Crippen molar-refractivity contribution in [3.8, 4) is 11.1 Å². The zero-order valence-corrected chi connectivity index (χ0v) is 18.5. The Morgan fingerprint density at radius 1 is 1.00 bits per heavy atom. The minimum Gasteiger partial charge on any atom is -0.480 e. The summed E-state index contributed by atoms with van der Waals surface area (Å²) in [7, 11) is 0. The molecule has 0 heterocycles. The molecule has 2 aromatic carbocycles. The van der Waals surface area contributed by atoms with Crippen molar-refractivity contribution in [2.45, 2.75) is 45.1 Å². The first-order chi connectivity index (χ1) is 15.4. The van der Waals surface area contributed by atoms with Crippen LogP contribution in [0.3, 0.4) is 0 Å². The minimum atomic E-state index is -1.04. The monoisotopic (exact) mass is 438 g/mol. The van der Waals surface area contributed by atoms with E-state index < -0.39 is 24.0 Å². The minimum absolute atomic E-state index is 0.00984. The highest BCUT2D eigenvalue weighted by Gasteiger charge is 2.29. The van der Waals surface area contributed by atoms with E-state index in [1.807, 2.05) is 31.2 Å². The number of carbonyl (C=O) groups excluding carboxylic acids is 2. The summed E-state index contributed by atoms with van der Waals surface area (Å²) in [6.45, 7) is 4.06. The molecule has 0 spiro atoms. The molecule has 2 atom stereocenters. The van der Waals surface area contributed by atoms with E-state index in [2.05, 4.69) is 34.9 Å². The SMILES string of the molecule is CCCC(NC(=O)C(C)CCNC(=O)OCC1c2ccccc2-c2ccccc21)C(=O)O. The van der Waals surface area contributed by atoms with E-state index in [1.165, 1.54) is 11.1 Å². The number of carboxylic acid groups (broad SMARTS) is 1. The third kappa shape index (κ3) is 5.46. The molecule has 1 aliphatic carbocycles. The lowest BCUT2D eigenvalue weighted by Crippen LogP contribution is -2.43. The second-order valence-corrected chi connectivity index (χ2v) is 8.13. The zero-order chi connectivity index (χ0) is 23.1. The highest BCUT2D eigenvalue weighted by Crippen LogP contribution is 2.44. The van der Waals surface area contributed by atoms with Crippen LogP contribution >= 0.6 is 0 Å². The van der Waals surface area contributed by atoms with E-state index in [9.17, 15) is 14.4 Å². The van der Waals surface area contributed by atoms with Gasteiger partial charge >= 0.3 is 12.1 Å². The van der Waals surface area contributed by atoms with Gasteiger partial charge in [-0.05, 0) is 35.1 Å². The maximum absolute atomic E-state index is 12.2.